The molecule has 0 aliphatic carbocycles. The first-order valence-corrected chi connectivity index (χ1v) is 6.86. The lowest BCUT2D eigenvalue weighted by molar-refractivity contribution is 0.149. The molecular formula is C16H34N. The lowest BCUT2D eigenvalue weighted by Crippen LogP contribution is -2.49. The molecule has 0 aliphatic rings. The van der Waals surface area contributed by atoms with E-state index in [1.807, 2.05) is 0 Å². The van der Waals surface area contributed by atoms with Crippen molar-refractivity contribution in [3.63, 3.8) is 0 Å². The molecule has 0 rings (SSSR count). The van der Waals surface area contributed by atoms with E-state index in [9.17, 15) is 0 Å². The number of rotatable bonds is 4. The zero-order chi connectivity index (χ0) is 14.1. The summed E-state index contributed by atoms with van der Waals surface area (Å²) in [4.78, 5) is 0. The van der Waals surface area contributed by atoms with Gasteiger partial charge in [0.25, 0.3) is 0 Å². The highest BCUT2D eigenvalue weighted by Gasteiger charge is 2.34. The van der Waals surface area contributed by atoms with Gasteiger partial charge in [-0.15, -0.1) is 0 Å². The lowest BCUT2D eigenvalue weighted by Gasteiger charge is -2.41. The van der Waals surface area contributed by atoms with Crippen molar-refractivity contribution < 1.29 is 0 Å². The summed E-state index contributed by atoms with van der Waals surface area (Å²) in [5.74, 6) is 0. The van der Waals surface area contributed by atoms with Crippen LogP contribution in [0.15, 0.2) is 0 Å². The van der Waals surface area contributed by atoms with Gasteiger partial charge in [-0.05, 0) is 51.4 Å². The predicted molar refractivity (Wildman–Crippen MR) is 78.4 cm³/mol. The first-order valence-electron chi connectivity index (χ1n) is 6.86. The Bertz CT molecular complexity index is 209. The average Bonchev–Trinajstić information content (AvgIpc) is 1.65. The third-order valence-corrected chi connectivity index (χ3v) is 2.53. The van der Waals surface area contributed by atoms with Crippen LogP contribution in [0.2, 0.25) is 0 Å². The molecule has 0 aliphatic heterocycles. The topological polar surface area (TPSA) is 14.1 Å². The fraction of sp³-hybridized carbons (Fsp3) is 1.00. The molecule has 0 aromatic heterocycles. The van der Waals surface area contributed by atoms with Gasteiger partial charge >= 0.3 is 0 Å². The molecule has 0 aromatic rings. The number of hydrogen-bond donors (Lipinski definition) is 0. The van der Waals surface area contributed by atoms with E-state index in [2.05, 4.69) is 69.2 Å². The van der Waals surface area contributed by atoms with Crippen molar-refractivity contribution >= 4 is 0 Å². The summed E-state index contributed by atoms with van der Waals surface area (Å²) in [6.45, 7) is 22.8. The molecule has 0 N–H and O–H groups in total. The van der Waals surface area contributed by atoms with E-state index in [4.69, 9.17) is 5.32 Å². The molecule has 0 bridgehead atoms. The number of hydrogen-bond acceptors (Lipinski definition) is 0. The molecule has 1 nitrogen and oxygen atoms in total. The zero-order valence-electron chi connectivity index (χ0n) is 13.9. The van der Waals surface area contributed by atoms with Crippen molar-refractivity contribution in [3.05, 3.63) is 0 Å². The van der Waals surface area contributed by atoms with E-state index in [0.717, 1.165) is 12.8 Å². The summed E-state index contributed by atoms with van der Waals surface area (Å²) in [5.41, 5.74) is 0.801. The van der Waals surface area contributed by atoms with Gasteiger partial charge in [0.2, 0.25) is 0 Å². The Hall–Kier alpha value is -0.0400. The Morgan fingerprint density at radius 3 is 0.941 bits per heavy atom. The fourth-order valence-corrected chi connectivity index (χ4v) is 3.49. The van der Waals surface area contributed by atoms with E-state index in [-0.39, 0.29) is 11.1 Å². The minimum Gasteiger partial charge on any atom is -0.230 e. The molecule has 0 unspecified atom stereocenters. The fourth-order valence-electron chi connectivity index (χ4n) is 3.49. The molecule has 103 valence electrons. The highest BCUT2D eigenvalue weighted by atomic mass is 15.0. The van der Waals surface area contributed by atoms with Crippen molar-refractivity contribution in [3.8, 4) is 0 Å². The van der Waals surface area contributed by atoms with Crippen molar-refractivity contribution in [1.82, 2.24) is 5.32 Å². The summed E-state index contributed by atoms with van der Waals surface area (Å²) in [6, 6.07) is 0. The summed E-state index contributed by atoms with van der Waals surface area (Å²) in [7, 11) is 0. The summed E-state index contributed by atoms with van der Waals surface area (Å²) >= 11 is 0. The molecule has 0 fully saturated rings. The van der Waals surface area contributed by atoms with Crippen LogP contribution in [0.4, 0.5) is 0 Å². The number of nitrogens with zero attached hydrogens (tertiary/aromatic N) is 1. The molecule has 1 radical (unpaired) electrons. The second-order valence-corrected chi connectivity index (χ2v) is 9.21. The van der Waals surface area contributed by atoms with Gasteiger partial charge in [0.05, 0.1) is 0 Å². The third kappa shape index (κ3) is 9.64. The van der Waals surface area contributed by atoms with Crippen LogP contribution in [0.3, 0.4) is 0 Å². The van der Waals surface area contributed by atoms with Crippen molar-refractivity contribution in [2.45, 2.75) is 93.2 Å². The van der Waals surface area contributed by atoms with Crippen LogP contribution < -0.4 is 5.32 Å². The van der Waals surface area contributed by atoms with Crippen LogP contribution in [0.1, 0.15) is 82.1 Å². The molecule has 0 saturated carbocycles. The standard InChI is InChI=1S/C16H34N/c1-13(2,3)11-15(7,8)17-16(9,10)12-14(4,5)6/h11-12H2,1-10H3. The molecule has 0 aromatic carbocycles. The van der Waals surface area contributed by atoms with Crippen molar-refractivity contribution in [2.75, 3.05) is 0 Å². The molecule has 0 amide bonds. The lowest BCUT2D eigenvalue weighted by atomic mass is 9.77. The van der Waals surface area contributed by atoms with E-state index in [1.165, 1.54) is 0 Å². The van der Waals surface area contributed by atoms with Gasteiger partial charge in [-0.3, -0.25) is 0 Å². The maximum Gasteiger partial charge on any atom is 0.0311 e. The summed E-state index contributed by atoms with van der Waals surface area (Å²) in [6.07, 6.45) is 2.27. The molecule has 0 saturated heterocycles. The molecule has 17 heavy (non-hydrogen) atoms. The van der Waals surface area contributed by atoms with Gasteiger partial charge in [0, 0.05) is 11.1 Å². The summed E-state index contributed by atoms with van der Waals surface area (Å²) in [5, 5.41) is 5.11. The Kier molecular flexibility index (Phi) is 4.90. The quantitative estimate of drug-likeness (QED) is 0.655. The van der Waals surface area contributed by atoms with Crippen LogP contribution in [-0.2, 0) is 0 Å². The van der Waals surface area contributed by atoms with Crippen LogP contribution in [-0.4, -0.2) is 11.1 Å². The molecule has 1 heteroatoms. The Morgan fingerprint density at radius 2 is 0.765 bits per heavy atom. The minimum atomic E-state index is 0.0625. The smallest absolute Gasteiger partial charge is 0.0311 e. The average molecular weight is 240 g/mol. The van der Waals surface area contributed by atoms with E-state index >= 15 is 0 Å². The second kappa shape index (κ2) is 4.91. The monoisotopic (exact) mass is 240 g/mol. The Morgan fingerprint density at radius 1 is 0.529 bits per heavy atom. The largest absolute Gasteiger partial charge is 0.230 e. The third-order valence-electron chi connectivity index (χ3n) is 2.53. The highest BCUT2D eigenvalue weighted by molar-refractivity contribution is 4.92. The minimum absolute atomic E-state index is 0.0625. The maximum absolute atomic E-state index is 5.11. The summed E-state index contributed by atoms with van der Waals surface area (Å²) < 4.78 is 0. The first kappa shape index (κ1) is 17.0. The first-order chi connectivity index (χ1) is 7.12. The van der Waals surface area contributed by atoms with Crippen LogP contribution >= 0.6 is 0 Å². The van der Waals surface area contributed by atoms with Crippen LogP contribution in [0.25, 0.3) is 0 Å². The highest BCUT2D eigenvalue weighted by Crippen LogP contribution is 2.33. The normalized spacial score (nSPS) is 15.2. The van der Waals surface area contributed by atoms with E-state index in [0.29, 0.717) is 10.8 Å². The zero-order valence-corrected chi connectivity index (χ0v) is 13.9. The Labute approximate surface area is 110 Å². The van der Waals surface area contributed by atoms with Crippen LogP contribution in [0.5, 0.6) is 0 Å². The van der Waals surface area contributed by atoms with Gasteiger partial charge in [0.1, 0.15) is 0 Å². The molecule has 0 heterocycles. The van der Waals surface area contributed by atoms with Gasteiger partial charge in [-0.2, -0.15) is 0 Å². The van der Waals surface area contributed by atoms with Gasteiger partial charge in [0.15, 0.2) is 0 Å². The van der Waals surface area contributed by atoms with Gasteiger partial charge in [-0.1, -0.05) is 41.5 Å². The SMILES string of the molecule is CC(C)(C)CC(C)(C)[N]C(C)(C)CC(C)(C)C. The predicted octanol–water partition coefficient (Wildman–Crippen LogP) is 5.02. The van der Waals surface area contributed by atoms with Gasteiger partial charge < -0.3 is 0 Å². The molecular weight excluding hydrogens is 206 g/mol. The van der Waals surface area contributed by atoms with Crippen LogP contribution in [0, 0.1) is 10.8 Å². The Balaban J connectivity index is 4.59. The van der Waals surface area contributed by atoms with Gasteiger partial charge in [-0.25, -0.2) is 5.32 Å². The molecule has 0 spiro atoms. The van der Waals surface area contributed by atoms with Crippen molar-refractivity contribution in [2.24, 2.45) is 10.8 Å². The second-order valence-electron chi connectivity index (χ2n) is 9.21. The maximum atomic E-state index is 5.11. The molecule has 0 atom stereocenters. The van der Waals surface area contributed by atoms with Crippen molar-refractivity contribution in [1.29, 1.82) is 0 Å². The van der Waals surface area contributed by atoms with E-state index < -0.39 is 0 Å². The van der Waals surface area contributed by atoms with E-state index in [1.54, 1.807) is 0 Å².